The zero-order valence-corrected chi connectivity index (χ0v) is 6.73. The van der Waals surface area contributed by atoms with Gasteiger partial charge in [-0.1, -0.05) is 32.9 Å². The summed E-state index contributed by atoms with van der Waals surface area (Å²) in [7, 11) is 0. The molecule has 0 saturated carbocycles. The molecular weight excluding hydrogens is 120 g/mol. The molecule has 1 aromatic rings. The smallest absolute Gasteiger partial charge is 0.0131 e. The van der Waals surface area contributed by atoms with E-state index in [0.29, 0.717) is 0 Å². The van der Waals surface area contributed by atoms with E-state index in [2.05, 4.69) is 32.9 Å². The molecule has 0 N–H and O–H groups in total. The van der Waals surface area contributed by atoms with Gasteiger partial charge in [0, 0.05) is 0 Å². The monoisotopic (exact) mass is 132 g/mol. The van der Waals surface area contributed by atoms with E-state index in [1.54, 1.807) is 6.07 Å². The van der Waals surface area contributed by atoms with Crippen molar-refractivity contribution in [2.24, 2.45) is 0 Å². The lowest BCUT2D eigenvalue weighted by atomic mass is 9.87. The van der Waals surface area contributed by atoms with Gasteiger partial charge in [0.1, 0.15) is 0 Å². The minimum absolute atomic E-state index is 0.230. The van der Waals surface area contributed by atoms with Crippen LogP contribution in [0.2, 0.25) is 0 Å². The molecule has 0 fully saturated rings. The Labute approximate surface area is 62.9 Å². The minimum atomic E-state index is 0.230. The highest BCUT2D eigenvalue weighted by molar-refractivity contribution is 5.20. The highest BCUT2D eigenvalue weighted by atomic mass is 14.2. The third-order valence-corrected chi connectivity index (χ3v) is 1.51. The first-order valence-electron chi connectivity index (χ1n) is 3.48. The predicted molar refractivity (Wildman–Crippen MR) is 42.8 cm³/mol. The van der Waals surface area contributed by atoms with Crippen LogP contribution in [0.5, 0.6) is 0 Å². The van der Waals surface area contributed by atoms with Crippen LogP contribution in [0, 0.1) is 12.1 Å². The molecule has 0 amide bonds. The van der Waals surface area contributed by atoms with Crippen LogP contribution in [0.25, 0.3) is 0 Å². The summed E-state index contributed by atoms with van der Waals surface area (Å²) in [5, 5.41) is 0. The Kier molecular flexibility index (Phi) is 1.80. The number of benzene rings is 1. The molecule has 0 aliphatic carbocycles. The minimum Gasteiger partial charge on any atom is -0.0561 e. The molecule has 0 atom stereocenters. The van der Waals surface area contributed by atoms with Crippen LogP contribution < -0.4 is 0 Å². The van der Waals surface area contributed by atoms with Gasteiger partial charge in [0.25, 0.3) is 0 Å². The Balaban J connectivity index is 2.97. The van der Waals surface area contributed by atoms with Crippen LogP contribution in [-0.4, -0.2) is 0 Å². The lowest BCUT2D eigenvalue weighted by Gasteiger charge is -2.17. The van der Waals surface area contributed by atoms with E-state index in [9.17, 15) is 0 Å². The Morgan fingerprint density at radius 1 is 1.10 bits per heavy atom. The maximum Gasteiger partial charge on any atom is -0.0131 e. The molecule has 0 bridgehead atoms. The van der Waals surface area contributed by atoms with Crippen molar-refractivity contribution in [3.8, 4) is 0 Å². The van der Waals surface area contributed by atoms with Gasteiger partial charge in [-0.25, -0.2) is 0 Å². The van der Waals surface area contributed by atoms with Gasteiger partial charge in [0.2, 0.25) is 0 Å². The molecule has 0 aliphatic rings. The van der Waals surface area contributed by atoms with E-state index in [1.165, 1.54) is 5.56 Å². The maximum atomic E-state index is 3.01. The quantitative estimate of drug-likeness (QED) is 0.509. The molecule has 10 heavy (non-hydrogen) atoms. The highest BCUT2D eigenvalue weighted by Gasteiger charge is 2.11. The average molecular weight is 132 g/mol. The molecule has 1 rings (SSSR count). The summed E-state index contributed by atoms with van der Waals surface area (Å²) in [6.45, 7) is 6.55. The molecule has 2 radical (unpaired) electrons. The number of rotatable bonds is 0. The van der Waals surface area contributed by atoms with Crippen molar-refractivity contribution in [2.75, 3.05) is 0 Å². The fourth-order valence-electron chi connectivity index (χ4n) is 0.786. The second-order valence-corrected chi connectivity index (χ2v) is 3.47. The first kappa shape index (κ1) is 7.33. The summed E-state index contributed by atoms with van der Waals surface area (Å²) in [5.41, 5.74) is 1.52. The molecule has 0 saturated heterocycles. The molecule has 1 aromatic carbocycles. The van der Waals surface area contributed by atoms with Crippen molar-refractivity contribution in [1.82, 2.24) is 0 Å². The van der Waals surface area contributed by atoms with E-state index in [0.717, 1.165) is 0 Å². The Morgan fingerprint density at radius 3 is 1.90 bits per heavy atom. The fourth-order valence-corrected chi connectivity index (χ4v) is 0.786. The van der Waals surface area contributed by atoms with Crippen LogP contribution >= 0.6 is 0 Å². The van der Waals surface area contributed by atoms with Gasteiger partial charge in [-0.3, -0.25) is 0 Å². The Morgan fingerprint density at radius 2 is 1.60 bits per heavy atom. The van der Waals surface area contributed by atoms with Gasteiger partial charge >= 0.3 is 0 Å². The van der Waals surface area contributed by atoms with Crippen molar-refractivity contribution in [1.29, 1.82) is 0 Å². The number of hydrogen-bond acceptors (Lipinski definition) is 0. The zero-order chi connectivity index (χ0) is 7.61. The van der Waals surface area contributed by atoms with E-state index >= 15 is 0 Å². The SMILES string of the molecule is CC(C)(C)c1c[c]c[c]c1. The van der Waals surface area contributed by atoms with Crippen LogP contribution in [0.1, 0.15) is 26.3 Å². The maximum absolute atomic E-state index is 3.01. The van der Waals surface area contributed by atoms with Crippen molar-refractivity contribution in [2.45, 2.75) is 26.2 Å². The molecule has 0 heteroatoms. The lowest BCUT2D eigenvalue weighted by molar-refractivity contribution is 0.590. The molecule has 0 spiro atoms. The fraction of sp³-hybridized carbons (Fsp3) is 0.400. The topological polar surface area (TPSA) is 0 Å². The van der Waals surface area contributed by atoms with Gasteiger partial charge < -0.3 is 0 Å². The molecule has 52 valence electrons. The van der Waals surface area contributed by atoms with Crippen LogP contribution in [0.4, 0.5) is 0 Å². The second kappa shape index (κ2) is 2.45. The molecule has 0 aliphatic heterocycles. The van der Waals surface area contributed by atoms with Gasteiger partial charge in [0.15, 0.2) is 0 Å². The molecule has 0 nitrogen and oxygen atoms in total. The standard InChI is InChI=1S/C10H12/c1-10(2,3)9-7-5-4-6-8-9/h4,7-8H,1-3H3. The first-order chi connectivity index (χ1) is 4.61. The zero-order valence-electron chi connectivity index (χ0n) is 6.73. The Bertz CT molecular complexity index is 191. The van der Waals surface area contributed by atoms with E-state index in [4.69, 9.17) is 0 Å². The van der Waals surface area contributed by atoms with Crippen molar-refractivity contribution < 1.29 is 0 Å². The summed E-state index contributed by atoms with van der Waals surface area (Å²) in [5.74, 6) is 0. The molecular formula is C10H12. The van der Waals surface area contributed by atoms with Crippen molar-refractivity contribution in [3.63, 3.8) is 0 Å². The van der Waals surface area contributed by atoms with Gasteiger partial charge in [-0.15, -0.1) is 0 Å². The van der Waals surface area contributed by atoms with Crippen LogP contribution in [0.3, 0.4) is 0 Å². The lowest BCUT2D eigenvalue weighted by Crippen LogP contribution is -2.10. The van der Waals surface area contributed by atoms with Crippen molar-refractivity contribution >= 4 is 0 Å². The largest absolute Gasteiger partial charge is 0.0561 e. The normalized spacial score (nSPS) is 11.5. The average Bonchev–Trinajstić information content (AvgIpc) is 1.88. The number of hydrogen-bond donors (Lipinski definition) is 0. The third-order valence-electron chi connectivity index (χ3n) is 1.51. The van der Waals surface area contributed by atoms with E-state index in [-0.39, 0.29) is 5.41 Å². The summed E-state index contributed by atoms with van der Waals surface area (Å²) in [6, 6.07) is 11.8. The Hall–Kier alpha value is -0.780. The summed E-state index contributed by atoms with van der Waals surface area (Å²) >= 11 is 0. The van der Waals surface area contributed by atoms with Crippen molar-refractivity contribution in [3.05, 3.63) is 35.9 Å². The third kappa shape index (κ3) is 1.60. The molecule has 0 aromatic heterocycles. The predicted octanol–water partition coefficient (Wildman–Crippen LogP) is 2.58. The molecule has 0 heterocycles. The first-order valence-corrected chi connectivity index (χ1v) is 3.48. The summed E-state index contributed by atoms with van der Waals surface area (Å²) < 4.78 is 0. The summed E-state index contributed by atoms with van der Waals surface area (Å²) in [4.78, 5) is 0. The van der Waals surface area contributed by atoms with Gasteiger partial charge in [-0.2, -0.15) is 0 Å². The summed E-state index contributed by atoms with van der Waals surface area (Å²) in [6.07, 6.45) is 0. The van der Waals surface area contributed by atoms with E-state index < -0.39 is 0 Å². The second-order valence-electron chi connectivity index (χ2n) is 3.47. The van der Waals surface area contributed by atoms with Crippen LogP contribution in [0.15, 0.2) is 18.2 Å². The highest BCUT2D eigenvalue weighted by Crippen LogP contribution is 2.20. The van der Waals surface area contributed by atoms with Gasteiger partial charge in [0.05, 0.1) is 0 Å². The van der Waals surface area contributed by atoms with Gasteiger partial charge in [-0.05, 0) is 29.2 Å². The van der Waals surface area contributed by atoms with Crippen LogP contribution in [-0.2, 0) is 5.41 Å². The van der Waals surface area contributed by atoms with E-state index in [1.807, 2.05) is 12.1 Å². The molecule has 0 unspecified atom stereocenters.